The van der Waals surface area contributed by atoms with E-state index in [0.717, 1.165) is 32.8 Å². The Hall–Kier alpha value is -2.46. The van der Waals surface area contributed by atoms with E-state index >= 15 is 0 Å². The number of fused-ring (bicyclic) bond motifs is 1. The Morgan fingerprint density at radius 2 is 1.79 bits per heavy atom. The first-order valence-electron chi connectivity index (χ1n) is 11.2. The third-order valence-electron chi connectivity index (χ3n) is 5.88. The van der Waals surface area contributed by atoms with Crippen LogP contribution in [0.2, 0.25) is 0 Å². The minimum Gasteiger partial charge on any atom is -0.379 e. The van der Waals surface area contributed by atoms with Gasteiger partial charge in [-0.25, -0.2) is 13.4 Å². The summed E-state index contributed by atoms with van der Waals surface area (Å²) < 4.78 is 32.8. The lowest BCUT2D eigenvalue weighted by Gasteiger charge is -2.26. The summed E-state index contributed by atoms with van der Waals surface area (Å²) in [5.41, 5.74) is 4.58. The van der Waals surface area contributed by atoms with Crippen LogP contribution in [0.3, 0.4) is 0 Å². The molecular weight excluding hydrogens is 470 g/mol. The van der Waals surface area contributed by atoms with Crippen molar-refractivity contribution in [2.75, 3.05) is 31.6 Å². The number of hydrogen-bond acceptors (Lipinski definition) is 6. The molecule has 3 aromatic rings. The molecule has 1 amide bonds. The molecule has 180 valence electrons. The lowest BCUT2D eigenvalue weighted by atomic mass is 10.1. The number of amides is 1. The number of anilines is 1. The van der Waals surface area contributed by atoms with E-state index in [0.29, 0.717) is 31.8 Å². The first-order valence-corrected chi connectivity index (χ1v) is 13.5. The second-order valence-electron chi connectivity index (χ2n) is 8.54. The molecular formula is C25H29N3O4S2. The highest BCUT2D eigenvalue weighted by Crippen LogP contribution is 2.30. The van der Waals surface area contributed by atoms with Crippen LogP contribution in [0, 0.1) is 20.8 Å². The standard InChI is InChI=1S/C25H29N3O4S2/c1-16-5-7-22(18(3)13-16)27-25(29)19(4)33-24-14-17(2)21-15-20(6-8-23(21)26-24)34(30,31)28-9-11-32-12-10-28/h5-8,13-15,19H,9-12H2,1-4H3,(H,27,29)/t19-/m0/s1. The third-order valence-corrected chi connectivity index (χ3v) is 8.79. The normalized spacial score (nSPS) is 15.9. The average Bonchev–Trinajstić information content (AvgIpc) is 2.81. The van der Waals surface area contributed by atoms with Gasteiger partial charge in [-0.3, -0.25) is 4.79 Å². The highest BCUT2D eigenvalue weighted by atomic mass is 32.2. The molecule has 1 aliphatic rings. The second-order valence-corrected chi connectivity index (χ2v) is 11.8. The zero-order valence-corrected chi connectivity index (χ0v) is 21.4. The number of nitrogens with one attached hydrogen (secondary N) is 1. The highest BCUT2D eigenvalue weighted by molar-refractivity contribution is 8.00. The molecule has 7 nitrogen and oxygen atoms in total. The van der Waals surface area contributed by atoms with E-state index in [1.807, 2.05) is 52.0 Å². The fraction of sp³-hybridized carbons (Fsp3) is 0.360. The van der Waals surface area contributed by atoms with Gasteiger partial charge in [0.2, 0.25) is 15.9 Å². The molecule has 1 atom stereocenters. The van der Waals surface area contributed by atoms with Gasteiger partial charge in [-0.15, -0.1) is 0 Å². The minimum atomic E-state index is -3.58. The molecule has 0 aliphatic carbocycles. The molecule has 1 aromatic heterocycles. The number of nitrogens with zero attached hydrogens (tertiary/aromatic N) is 2. The van der Waals surface area contributed by atoms with E-state index in [9.17, 15) is 13.2 Å². The Bertz CT molecular complexity index is 1340. The van der Waals surface area contributed by atoms with Crippen LogP contribution < -0.4 is 5.32 Å². The van der Waals surface area contributed by atoms with Gasteiger partial charge in [0.25, 0.3) is 0 Å². The number of aryl methyl sites for hydroxylation is 3. The molecule has 1 fully saturated rings. The van der Waals surface area contributed by atoms with Gasteiger partial charge in [0.1, 0.15) is 0 Å². The van der Waals surface area contributed by atoms with E-state index in [4.69, 9.17) is 4.74 Å². The summed E-state index contributed by atoms with van der Waals surface area (Å²) >= 11 is 1.38. The van der Waals surface area contributed by atoms with Gasteiger partial charge >= 0.3 is 0 Å². The predicted octanol–water partition coefficient (Wildman–Crippen LogP) is 4.30. The topological polar surface area (TPSA) is 88.6 Å². The smallest absolute Gasteiger partial charge is 0.243 e. The molecule has 0 bridgehead atoms. The van der Waals surface area contributed by atoms with Crippen LogP contribution >= 0.6 is 11.8 Å². The maximum absolute atomic E-state index is 13.0. The third kappa shape index (κ3) is 5.27. The summed E-state index contributed by atoms with van der Waals surface area (Å²) in [5.74, 6) is -0.0940. The van der Waals surface area contributed by atoms with E-state index in [1.165, 1.54) is 16.1 Å². The van der Waals surface area contributed by atoms with Crippen molar-refractivity contribution in [3.63, 3.8) is 0 Å². The van der Waals surface area contributed by atoms with Crippen LogP contribution in [0.1, 0.15) is 23.6 Å². The predicted molar refractivity (Wildman–Crippen MR) is 136 cm³/mol. The number of ether oxygens (including phenoxy) is 1. The fourth-order valence-electron chi connectivity index (χ4n) is 3.92. The minimum absolute atomic E-state index is 0.0940. The molecule has 1 aliphatic heterocycles. The summed E-state index contributed by atoms with van der Waals surface area (Å²) in [4.78, 5) is 17.7. The number of carbonyl (C=O) groups excluding carboxylic acids is 1. The second kappa shape index (κ2) is 10.0. The van der Waals surface area contributed by atoms with Crippen molar-refractivity contribution in [1.29, 1.82) is 0 Å². The average molecular weight is 500 g/mol. The lowest BCUT2D eigenvalue weighted by molar-refractivity contribution is -0.115. The van der Waals surface area contributed by atoms with Crippen molar-refractivity contribution in [2.24, 2.45) is 0 Å². The molecule has 0 spiro atoms. The number of carbonyl (C=O) groups is 1. The van der Waals surface area contributed by atoms with Crippen LogP contribution in [0.25, 0.3) is 10.9 Å². The van der Waals surface area contributed by atoms with Crippen LogP contribution in [-0.2, 0) is 19.6 Å². The molecule has 0 saturated carbocycles. The van der Waals surface area contributed by atoms with Crippen LogP contribution in [0.4, 0.5) is 5.69 Å². The Morgan fingerprint density at radius 1 is 1.06 bits per heavy atom. The number of pyridine rings is 1. The monoisotopic (exact) mass is 499 g/mol. The first kappa shape index (κ1) is 24.7. The van der Waals surface area contributed by atoms with Crippen molar-refractivity contribution in [3.8, 4) is 0 Å². The SMILES string of the molecule is Cc1ccc(NC(=O)[C@H](C)Sc2cc(C)c3cc(S(=O)(=O)N4CCOCC4)ccc3n2)c(C)c1. The Kier molecular flexibility index (Phi) is 7.28. The number of sulfonamides is 1. The van der Waals surface area contributed by atoms with E-state index < -0.39 is 10.0 Å². The Labute approximate surface area is 205 Å². The zero-order valence-electron chi connectivity index (χ0n) is 19.8. The number of rotatable bonds is 6. The molecule has 9 heteroatoms. The lowest BCUT2D eigenvalue weighted by Crippen LogP contribution is -2.40. The summed E-state index contributed by atoms with van der Waals surface area (Å²) in [6, 6.07) is 12.9. The van der Waals surface area contributed by atoms with E-state index in [2.05, 4.69) is 10.3 Å². The van der Waals surface area contributed by atoms with Crippen molar-refractivity contribution in [3.05, 3.63) is 59.2 Å². The number of morpholine rings is 1. The Morgan fingerprint density at radius 3 is 2.50 bits per heavy atom. The van der Waals surface area contributed by atoms with E-state index in [-0.39, 0.29) is 16.1 Å². The Balaban J connectivity index is 1.52. The van der Waals surface area contributed by atoms with Crippen molar-refractivity contribution < 1.29 is 17.9 Å². The summed E-state index contributed by atoms with van der Waals surface area (Å²) in [6.45, 7) is 9.30. The summed E-state index contributed by atoms with van der Waals surface area (Å²) in [5, 5.41) is 4.14. The quantitative estimate of drug-likeness (QED) is 0.509. The van der Waals surface area contributed by atoms with Crippen molar-refractivity contribution >= 4 is 44.3 Å². The van der Waals surface area contributed by atoms with E-state index in [1.54, 1.807) is 18.2 Å². The largest absolute Gasteiger partial charge is 0.379 e. The van der Waals surface area contributed by atoms with Crippen LogP contribution in [0.5, 0.6) is 0 Å². The molecule has 2 aromatic carbocycles. The number of aromatic nitrogens is 1. The number of thioether (sulfide) groups is 1. The first-order chi connectivity index (χ1) is 16.1. The maximum atomic E-state index is 13.0. The van der Waals surface area contributed by atoms with Gasteiger partial charge in [-0.05, 0) is 69.2 Å². The van der Waals surface area contributed by atoms with Gasteiger partial charge < -0.3 is 10.1 Å². The van der Waals surface area contributed by atoms with Crippen molar-refractivity contribution in [1.82, 2.24) is 9.29 Å². The molecule has 1 N–H and O–H groups in total. The van der Waals surface area contributed by atoms with Gasteiger partial charge in [0.15, 0.2) is 0 Å². The van der Waals surface area contributed by atoms with Gasteiger partial charge in [-0.1, -0.05) is 29.5 Å². The molecule has 2 heterocycles. The molecule has 1 saturated heterocycles. The highest BCUT2D eigenvalue weighted by Gasteiger charge is 2.27. The fourth-order valence-corrected chi connectivity index (χ4v) is 6.28. The molecule has 4 rings (SSSR count). The summed E-state index contributed by atoms with van der Waals surface area (Å²) in [6.07, 6.45) is 0. The van der Waals surface area contributed by atoms with Crippen molar-refractivity contribution in [2.45, 2.75) is 42.9 Å². The van der Waals surface area contributed by atoms with Gasteiger partial charge in [0.05, 0.1) is 33.9 Å². The maximum Gasteiger partial charge on any atom is 0.243 e. The number of benzene rings is 2. The van der Waals surface area contributed by atoms with Gasteiger partial charge in [0, 0.05) is 24.2 Å². The molecule has 0 unspecified atom stereocenters. The van der Waals surface area contributed by atoms with Crippen LogP contribution in [0.15, 0.2) is 52.4 Å². The molecule has 0 radical (unpaired) electrons. The molecule has 34 heavy (non-hydrogen) atoms. The van der Waals surface area contributed by atoms with Crippen LogP contribution in [-0.4, -0.2) is 55.2 Å². The van der Waals surface area contributed by atoms with Gasteiger partial charge in [-0.2, -0.15) is 4.31 Å². The zero-order chi connectivity index (χ0) is 24.5. The summed E-state index contributed by atoms with van der Waals surface area (Å²) in [7, 11) is -3.58. The number of hydrogen-bond donors (Lipinski definition) is 1.